The van der Waals surface area contributed by atoms with Crippen LogP contribution in [-0.2, 0) is 6.54 Å². The van der Waals surface area contributed by atoms with Crippen molar-refractivity contribution < 1.29 is 8.78 Å². The van der Waals surface area contributed by atoms with Crippen molar-refractivity contribution in [3.63, 3.8) is 0 Å². The van der Waals surface area contributed by atoms with Gasteiger partial charge in [0.05, 0.1) is 6.20 Å². The van der Waals surface area contributed by atoms with Crippen molar-refractivity contribution in [3.05, 3.63) is 52.9 Å². The molecule has 0 aliphatic heterocycles. The second kappa shape index (κ2) is 5.27. The fourth-order valence-electron chi connectivity index (χ4n) is 1.78. The summed E-state index contributed by atoms with van der Waals surface area (Å²) < 4.78 is 26.3. The Labute approximate surface area is 104 Å². The zero-order chi connectivity index (χ0) is 13.1. The van der Waals surface area contributed by atoms with E-state index in [1.807, 2.05) is 13.8 Å². The first-order chi connectivity index (χ1) is 8.58. The number of aromatic amines is 1. The largest absolute Gasteiger partial charge is 0.306 e. The first kappa shape index (κ1) is 12.7. The van der Waals surface area contributed by atoms with Gasteiger partial charge < -0.3 is 5.32 Å². The standard InChI is InChI=1S/C13H15F2N3/c1-8-10(7-17-18-8)6-16-9(2)12-4-3-11(14)5-13(12)15/h3-5,7,9,16H,6H2,1-2H3,(H,17,18)/t9-/m0/s1. The Balaban J connectivity index is 2.03. The molecule has 0 radical (unpaired) electrons. The molecule has 3 nitrogen and oxygen atoms in total. The molecule has 0 saturated heterocycles. The summed E-state index contributed by atoms with van der Waals surface area (Å²) in [5.41, 5.74) is 2.47. The van der Waals surface area contributed by atoms with Gasteiger partial charge in [0.15, 0.2) is 0 Å². The lowest BCUT2D eigenvalue weighted by atomic mass is 10.1. The second-order valence-electron chi connectivity index (χ2n) is 4.29. The molecule has 0 saturated carbocycles. The number of aryl methyl sites for hydroxylation is 1. The van der Waals surface area contributed by atoms with E-state index >= 15 is 0 Å². The minimum Gasteiger partial charge on any atom is -0.306 e. The topological polar surface area (TPSA) is 40.7 Å². The number of hydrogen-bond acceptors (Lipinski definition) is 2. The second-order valence-corrected chi connectivity index (χ2v) is 4.29. The molecule has 1 aromatic heterocycles. The molecular weight excluding hydrogens is 236 g/mol. The van der Waals surface area contributed by atoms with Gasteiger partial charge in [0.25, 0.3) is 0 Å². The summed E-state index contributed by atoms with van der Waals surface area (Å²) in [6.45, 7) is 4.35. The first-order valence-electron chi connectivity index (χ1n) is 5.75. The molecule has 0 bridgehead atoms. The zero-order valence-electron chi connectivity index (χ0n) is 10.3. The molecule has 2 aromatic rings. The lowest BCUT2D eigenvalue weighted by Crippen LogP contribution is -2.19. The number of nitrogens with one attached hydrogen (secondary N) is 2. The lowest BCUT2D eigenvalue weighted by Gasteiger charge is -2.14. The van der Waals surface area contributed by atoms with E-state index in [0.717, 1.165) is 17.3 Å². The molecule has 1 heterocycles. The third-order valence-electron chi connectivity index (χ3n) is 2.96. The Morgan fingerprint density at radius 2 is 2.17 bits per heavy atom. The van der Waals surface area contributed by atoms with Crippen molar-refractivity contribution in [1.29, 1.82) is 0 Å². The van der Waals surface area contributed by atoms with E-state index in [0.29, 0.717) is 12.1 Å². The quantitative estimate of drug-likeness (QED) is 0.877. The summed E-state index contributed by atoms with van der Waals surface area (Å²) in [6.07, 6.45) is 1.73. The summed E-state index contributed by atoms with van der Waals surface area (Å²) in [6, 6.07) is 3.43. The van der Waals surface area contributed by atoms with Gasteiger partial charge in [0.2, 0.25) is 0 Å². The molecule has 0 aliphatic rings. The smallest absolute Gasteiger partial charge is 0.130 e. The van der Waals surface area contributed by atoms with Gasteiger partial charge in [-0.25, -0.2) is 8.78 Å². The highest BCUT2D eigenvalue weighted by Crippen LogP contribution is 2.18. The minimum atomic E-state index is -0.561. The van der Waals surface area contributed by atoms with Gasteiger partial charge in [-0.1, -0.05) is 6.07 Å². The Morgan fingerprint density at radius 1 is 1.39 bits per heavy atom. The van der Waals surface area contributed by atoms with Crippen LogP contribution in [-0.4, -0.2) is 10.2 Å². The summed E-state index contributed by atoms with van der Waals surface area (Å²) in [5, 5.41) is 9.93. The number of aromatic nitrogens is 2. The van der Waals surface area contributed by atoms with E-state index in [2.05, 4.69) is 15.5 Å². The molecule has 2 rings (SSSR count). The molecule has 18 heavy (non-hydrogen) atoms. The summed E-state index contributed by atoms with van der Waals surface area (Å²) >= 11 is 0. The highest BCUT2D eigenvalue weighted by Gasteiger charge is 2.11. The van der Waals surface area contributed by atoms with E-state index in [-0.39, 0.29) is 6.04 Å². The number of rotatable bonds is 4. The normalized spacial score (nSPS) is 12.7. The van der Waals surface area contributed by atoms with Crippen LogP contribution in [0.1, 0.15) is 29.8 Å². The van der Waals surface area contributed by atoms with Gasteiger partial charge >= 0.3 is 0 Å². The van der Waals surface area contributed by atoms with Crippen molar-refractivity contribution in [2.75, 3.05) is 0 Å². The third kappa shape index (κ3) is 2.73. The van der Waals surface area contributed by atoms with E-state index in [4.69, 9.17) is 0 Å². The van der Waals surface area contributed by atoms with Crippen LogP contribution in [0.25, 0.3) is 0 Å². The molecule has 1 atom stereocenters. The van der Waals surface area contributed by atoms with Crippen LogP contribution in [0.2, 0.25) is 0 Å². The van der Waals surface area contributed by atoms with Gasteiger partial charge in [0.1, 0.15) is 11.6 Å². The van der Waals surface area contributed by atoms with Crippen LogP contribution < -0.4 is 5.32 Å². The van der Waals surface area contributed by atoms with Gasteiger partial charge in [-0.3, -0.25) is 5.10 Å². The first-order valence-corrected chi connectivity index (χ1v) is 5.75. The monoisotopic (exact) mass is 251 g/mol. The van der Waals surface area contributed by atoms with E-state index in [1.54, 1.807) is 6.20 Å². The highest BCUT2D eigenvalue weighted by atomic mass is 19.1. The molecule has 5 heteroatoms. The predicted octanol–water partition coefficient (Wildman–Crippen LogP) is 2.85. The SMILES string of the molecule is Cc1[nH]ncc1CN[C@@H](C)c1ccc(F)cc1F. The van der Waals surface area contributed by atoms with Crippen molar-refractivity contribution in [1.82, 2.24) is 15.5 Å². The van der Waals surface area contributed by atoms with Crippen molar-refractivity contribution in [2.24, 2.45) is 0 Å². The molecule has 1 aromatic carbocycles. The highest BCUT2D eigenvalue weighted by molar-refractivity contribution is 5.22. The number of halogens is 2. The van der Waals surface area contributed by atoms with Crippen LogP contribution in [0.3, 0.4) is 0 Å². The van der Waals surface area contributed by atoms with Crippen molar-refractivity contribution in [3.8, 4) is 0 Å². The Hall–Kier alpha value is -1.75. The molecule has 2 N–H and O–H groups in total. The molecule has 96 valence electrons. The maximum atomic E-state index is 13.5. The molecular formula is C13H15F2N3. The third-order valence-corrected chi connectivity index (χ3v) is 2.96. The fourth-order valence-corrected chi connectivity index (χ4v) is 1.78. The summed E-state index contributed by atoms with van der Waals surface area (Å²) in [5.74, 6) is -1.09. The van der Waals surface area contributed by atoms with Gasteiger partial charge in [-0.15, -0.1) is 0 Å². The summed E-state index contributed by atoms with van der Waals surface area (Å²) in [4.78, 5) is 0. The van der Waals surface area contributed by atoms with Crippen LogP contribution in [0, 0.1) is 18.6 Å². The van der Waals surface area contributed by atoms with E-state index in [1.165, 1.54) is 12.1 Å². The molecule has 0 unspecified atom stereocenters. The van der Waals surface area contributed by atoms with Gasteiger partial charge in [0, 0.05) is 35.5 Å². The average molecular weight is 251 g/mol. The van der Waals surface area contributed by atoms with Gasteiger partial charge in [-0.2, -0.15) is 5.10 Å². The minimum absolute atomic E-state index is 0.195. The molecule has 0 spiro atoms. The molecule has 0 fully saturated rings. The van der Waals surface area contributed by atoms with Gasteiger partial charge in [-0.05, 0) is 19.9 Å². The Morgan fingerprint density at radius 3 is 2.78 bits per heavy atom. The zero-order valence-corrected chi connectivity index (χ0v) is 10.3. The number of H-pyrrole nitrogens is 1. The van der Waals surface area contributed by atoms with Crippen LogP contribution in [0.4, 0.5) is 8.78 Å². The van der Waals surface area contributed by atoms with Crippen LogP contribution >= 0.6 is 0 Å². The van der Waals surface area contributed by atoms with Crippen LogP contribution in [0.5, 0.6) is 0 Å². The fraction of sp³-hybridized carbons (Fsp3) is 0.308. The molecule has 0 aliphatic carbocycles. The van der Waals surface area contributed by atoms with E-state index in [9.17, 15) is 8.78 Å². The Bertz CT molecular complexity index is 537. The predicted molar refractivity (Wildman–Crippen MR) is 64.9 cm³/mol. The number of benzene rings is 1. The number of nitrogens with zero attached hydrogens (tertiary/aromatic N) is 1. The number of hydrogen-bond donors (Lipinski definition) is 2. The Kier molecular flexibility index (Phi) is 3.72. The summed E-state index contributed by atoms with van der Waals surface area (Å²) in [7, 11) is 0. The lowest BCUT2D eigenvalue weighted by molar-refractivity contribution is 0.517. The average Bonchev–Trinajstić information content (AvgIpc) is 2.72. The van der Waals surface area contributed by atoms with Crippen molar-refractivity contribution >= 4 is 0 Å². The van der Waals surface area contributed by atoms with Crippen molar-refractivity contribution in [2.45, 2.75) is 26.4 Å². The maximum absolute atomic E-state index is 13.5. The van der Waals surface area contributed by atoms with Crippen LogP contribution in [0.15, 0.2) is 24.4 Å². The van der Waals surface area contributed by atoms with E-state index < -0.39 is 11.6 Å². The molecule has 0 amide bonds. The maximum Gasteiger partial charge on any atom is 0.130 e.